The molecule has 0 N–H and O–H groups in total. The van der Waals surface area contributed by atoms with Crippen LogP contribution in [0.25, 0.3) is 11.2 Å². The smallest absolute Gasteiger partial charge is 0.183 e. The van der Waals surface area contributed by atoms with Crippen molar-refractivity contribution in [3.8, 4) is 0 Å². The highest BCUT2D eigenvalue weighted by atomic mass is 15.4. The molecule has 2 aromatic heterocycles. The van der Waals surface area contributed by atoms with Gasteiger partial charge < -0.3 is 4.90 Å². The van der Waals surface area contributed by atoms with E-state index in [9.17, 15) is 0 Å². The molecule has 20 heavy (non-hydrogen) atoms. The van der Waals surface area contributed by atoms with E-state index in [-0.39, 0.29) is 0 Å². The minimum atomic E-state index is 0.354. The third-order valence-electron chi connectivity index (χ3n) is 3.80. The lowest BCUT2D eigenvalue weighted by Crippen LogP contribution is -2.25. The topological polar surface area (TPSA) is 59.7 Å². The molecule has 0 bridgehead atoms. The largest absolute Gasteiger partial charge is 0.321 e. The van der Waals surface area contributed by atoms with Crippen LogP contribution in [0.15, 0.2) is 30.6 Å². The van der Waals surface area contributed by atoms with Gasteiger partial charge in [0.1, 0.15) is 6.33 Å². The van der Waals surface area contributed by atoms with E-state index in [2.05, 4.69) is 56.4 Å². The molecule has 3 aromatic rings. The van der Waals surface area contributed by atoms with E-state index in [1.54, 1.807) is 11.0 Å². The number of fused-ring (bicyclic) bond motifs is 2. The lowest BCUT2D eigenvalue weighted by Gasteiger charge is -2.23. The van der Waals surface area contributed by atoms with Gasteiger partial charge in [-0.25, -0.2) is 14.6 Å². The summed E-state index contributed by atoms with van der Waals surface area (Å²) in [7, 11) is 1.84. The predicted molar refractivity (Wildman–Crippen MR) is 75.8 cm³/mol. The second-order valence-electron chi connectivity index (χ2n) is 5.13. The van der Waals surface area contributed by atoms with Gasteiger partial charge in [0.15, 0.2) is 17.0 Å². The first-order chi connectivity index (χ1) is 9.75. The first kappa shape index (κ1) is 11.3. The van der Waals surface area contributed by atoms with E-state index >= 15 is 0 Å². The van der Waals surface area contributed by atoms with Gasteiger partial charge in [0.05, 0.1) is 0 Å². The molecule has 1 atom stereocenters. The zero-order chi connectivity index (χ0) is 13.7. The van der Waals surface area contributed by atoms with Gasteiger partial charge in [0.25, 0.3) is 0 Å². The summed E-state index contributed by atoms with van der Waals surface area (Å²) >= 11 is 0. The third-order valence-corrected chi connectivity index (χ3v) is 3.80. The molecule has 0 saturated heterocycles. The van der Waals surface area contributed by atoms with Crippen LogP contribution in [0.3, 0.4) is 0 Å². The molecule has 4 rings (SSSR count). The molecule has 0 radical (unpaired) electrons. The minimum absolute atomic E-state index is 0.354. The SMILES string of the molecule is C[C@H]1Cc2ccccc2N1c1ncnc2c1nnn2C. The molecular formula is C14H14N6. The third kappa shape index (κ3) is 1.44. The summed E-state index contributed by atoms with van der Waals surface area (Å²) in [5.41, 5.74) is 4.05. The molecule has 1 aliphatic heterocycles. The number of rotatable bonds is 1. The summed E-state index contributed by atoms with van der Waals surface area (Å²) in [5.74, 6) is 0.834. The highest BCUT2D eigenvalue weighted by Gasteiger charge is 2.30. The highest BCUT2D eigenvalue weighted by molar-refractivity contribution is 5.87. The normalized spacial score (nSPS) is 17.7. The maximum absolute atomic E-state index is 4.45. The van der Waals surface area contributed by atoms with Crippen molar-refractivity contribution in [2.24, 2.45) is 7.05 Å². The Morgan fingerprint density at radius 1 is 1.20 bits per heavy atom. The zero-order valence-electron chi connectivity index (χ0n) is 11.4. The molecule has 0 fully saturated rings. The molecule has 3 heterocycles. The van der Waals surface area contributed by atoms with Crippen molar-refractivity contribution in [3.05, 3.63) is 36.2 Å². The van der Waals surface area contributed by atoms with E-state index in [4.69, 9.17) is 0 Å². The van der Waals surface area contributed by atoms with Crippen LogP contribution in [0.2, 0.25) is 0 Å². The van der Waals surface area contributed by atoms with Gasteiger partial charge in [-0.1, -0.05) is 23.4 Å². The number of anilines is 2. The number of benzene rings is 1. The van der Waals surface area contributed by atoms with Gasteiger partial charge in [-0.05, 0) is 25.0 Å². The average Bonchev–Trinajstić information content (AvgIpc) is 2.99. The predicted octanol–water partition coefficient (Wildman–Crippen LogP) is 1.84. The van der Waals surface area contributed by atoms with Gasteiger partial charge in [0, 0.05) is 18.8 Å². The molecule has 6 heteroatoms. The maximum atomic E-state index is 4.45. The monoisotopic (exact) mass is 266 g/mol. The second kappa shape index (κ2) is 4.00. The van der Waals surface area contributed by atoms with Crippen LogP contribution in [0.4, 0.5) is 11.5 Å². The summed E-state index contributed by atoms with van der Waals surface area (Å²) in [6.45, 7) is 2.20. The molecule has 0 amide bonds. The van der Waals surface area contributed by atoms with Gasteiger partial charge >= 0.3 is 0 Å². The Morgan fingerprint density at radius 3 is 2.95 bits per heavy atom. The number of hydrogen-bond acceptors (Lipinski definition) is 5. The van der Waals surface area contributed by atoms with Crippen molar-refractivity contribution >= 4 is 22.7 Å². The molecule has 0 aliphatic carbocycles. The van der Waals surface area contributed by atoms with Crippen molar-refractivity contribution in [2.75, 3.05) is 4.90 Å². The molecule has 1 aromatic carbocycles. The summed E-state index contributed by atoms with van der Waals surface area (Å²) in [6, 6.07) is 8.78. The van der Waals surface area contributed by atoms with Crippen LogP contribution in [0.5, 0.6) is 0 Å². The van der Waals surface area contributed by atoms with E-state index in [1.165, 1.54) is 11.3 Å². The van der Waals surface area contributed by atoms with Crippen LogP contribution >= 0.6 is 0 Å². The van der Waals surface area contributed by atoms with E-state index in [0.717, 1.165) is 23.4 Å². The highest BCUT2D eigenvalue weighted by Crippen LogP contribution is 2.38. The number of aryl methyl sites for hydroxylation is 1. The fraction of sp³-hybridized carbons (Fsp3) is 0.286. The van der Waals surface area contributed by atoms with Gasteiger partial charge in [-0.3, -0.25) is 0 Å². The van der Waals surface area contributed by atoms with E-state index in [0.29, 0.717) is 6.04 Å². The lowest BCUT2D eigenvalue weighted by molar-refractivity contribution is 0.729. The average molecular weight is 266 g/mol. The number of aromatic nitrogens is 5. The van der Waals surface area contributed by atoms with Crippen molar-refractivity contribution in [3.63, 3.8) is 0 Å². The minimum Gasteiger partial charge on any atom is -0.321 e. The van der Waals surface area contributed by atoms with Crippen molar-refractivity contribution in [2.45, 2.75) is 19.4 Å². The molecule has 0 unspecified atom stereocenters. The van der Waals surface area contributed by atoms with Crippen molar-refractivity contribution in [1.29, 1.82) is 0 Å². The van der Waals surface area contributed by atoms with Crippen LogP contribution in [0, 0.1) is 0 Å². The Balaban J connectivity index is 1.96. The quantitative estimate of drug-likeness (QED) is 0.672. The first-order valence-corrected chi connectivity index (χ1v) is 6.63. The van der Waals surface area contributed by atoms with E-state index in [1.807, 2.05) is 7.05 Å². The Bertz CT molecular complexity index is 793. The standard InChI is InChI=1S/C14H14N6/c1-9-7-10-5-3-4-6-11(10)20(9)14-12-13(15-8-16-14)19(2)18-17-12/h3-6,8-9H,7H2,1-2H3/t9-/m0/s1. The van der Waals surface area contributed by atoms with Crippen LogP contribution < -0.4 is 4.90 Å². The second-order valence-corrected chi connectivity index (χ2v) is 5.13. The Kier molecular flexibility index (Phi) is 2.26. The van der Waals surface area contributed by atoms with Gasteiger partial charge in [-0.15, -0.1) is 5.10 Å². The zero-order valence-corrected chi connectivity index (χ0v) is 11.4. The molecule has 6 nitrogen and oxygen atoms in total. The van der Waals surface area contributed by atoms with Crippen LogP contribution in [-0.2, 0) is 13.5 Å². The first-order valence-electron chi connectivity index (χ1n) is 6.63. The molecule has 100 valence electrons. The Hall–Kier alpha value is -2.50. The number of hydrogen-bond donors (Lipinski definition) is 0. The van der Waals surface area contributed by atoms with Gasteiger partial charge in [0.2, 0.25) is 0 Å². The summed E-state index contributed by atoms with van der Waals surface area (Å²) in [4.78, 5) is 10.9. The summed E-state index contributed by atoms with van der Waals surface area (Å²) < 4.78 is 1.67. The van der Waals surface area contributed by atoms with Crippen molar-refractivity contribution < 1.29 is 0 Å². The fourth-order valence-electron chi connectivity index (χ4n) is 2.91. The summed E-state index contributed by atoms with van der Waals surface area (Å²) in [5, 5.41) is 8.26. The molecule has 0 saturated carbocycles. The fourth-order valence-corrected chi connectivity index (χ4v) is 2.91. The van der Waals surface area contributed by atoms with E-state index < -0.39 is 0 Å². The lowest BCUT2D eigenvalue weighted by atomic mass is 10.1. The number of para-hydroxylation sites is 1. The molecular weight excluding hydrogens is 252 g/mol. The van der Waals surface area contributed by atoms with Gasteiger partial charge in [-0.2, -0.15) is 0 Å². The van der Waals surface area contributed by atoms with Crippen LogP contribution in [-0.4, -0.2) is 31.0 Å². The Labute approximate surface area is 116 Å². The Morgan fingerprint density at radius 2 is 2.05 bits per heavy atom. The van der Waals surface area contributed by atoms with Crippen LogP contribution in [0.1, 0.15) is 12.5 Å². The van der Waals surface area contributed by atoms with Crippen molar-refractivity contribution in [1.82, 2.24) is 25.0 Å². The summed E-state index contributed by atoms with van der Waals surface area (Å²) in [6.07, 6.45) is 2.59. The molecule has 1 aliphatic rings. The number of nitrogens with zero attached hydrogens (tertiary/aromatic N) is 6. The maximum Gasteiger partial charge on any atom is 0.183 e. The molecule has 0 spiro atoms.